The van der Waals surface area contributed by atoms with Gasteiger partial charge in [0, 0.05) is 45.0 Å². The second-order valence-corrected chi connectivity index (χ2v) is 9.05. The number of hydrogen-bond acceptors (Lipinski definition) is 6. The summed E-state index contributed by atoms with van der Waals surface area (Å²) >= 11 is 0. The van der Waals surface area contributed by atoms with E-state index in [0.717, 1.165) is 21.7 Å². The first-order chi connectivity index (χ1) is 16.6. The average molecular weight is 527 g/mol. The molecule has 3 rings (SSSR count). The number of carbonyl (C=O) groups is 2. The van der Waals surface area contributed by atoms with Crippen LogP contribution >= 0.6 is 0 Å². The Labute approximate surface area is 203 Å². The highest BCUT2D eigenvalue weighted by Crippen LogP contribution is 2.36. The zero-order valence-electron chi connectivity index (χ0n) is 19.7. The topological polar surface area (TPSA) is 82.5 Å². The molecule has 8 nitrogen and oxygen atoms in total. The van der Waals surface area contributed by atoms with Gasteiger partial charge in [0.1, 0.15) is 0 Å². The van der Waals surface area contributed by atoms with E-state index in [1.165, 1.54) is 6.92 Å². The number of carboxylic acids is 1. The third-order valence-corrected chi connectivity index (χ3v) is 6.15. The Morgan fingerprint density at radius 3 is 2.25 bits per heavy atom. The lowest BCUT2D eigenvalue weighted by molar-refractivity contribution is -0.308. The van der Waals surface area contributed by atoms with Gasteiger partial charge in [0.15, 0.2) is 5.60 Å². The smallest absolute Gasteiger partial charge is 0.434 e. The van der Waals surface area contributed by atoms with Gasteiger partial charge >= 0.3 is 24.4 Å². The van der Waals surface area contributed by atoms with Crippen molar-refractivity contribution < 1.29 is 50.5 Å². The lowest BCUT2D eigenvalue weighted by Crippen LogP contribution is -2.55. The Morgan fingerprint density at radius 2 is 1.69 bits per heavy atom. The highest BCUT2D eigenvalue weighted by Gasteiger charge is 2.60. The van der Waals surface area contributed by atoms with Crippen molar-refractivity contribution in [2.24, 2.45) is 0 Å². The molecule has 0 bridgehead atoms. The molecule has 2 aliphatic heterocycles. The predicted octanol–water partition coefficient (Wildman–Crippen LogP) is 3.42. The largest absolute Gasteiger partial charge is 0.479 e. The first-order valence-electron chi connectivity index (χ1n) is 11.1. The van der Waals surface area contributed by atoms with Gasteiger partial charge in [-0.3, -0.25) is 4.90 Å². The maximum absolute atomic E-state index is 12.7. The molecular weight excluding hydrogens is 500 g/mol. The number of morpholine rings is 1. The van der Waals surface area contributed by atoms with Gasteiger partial charge in [-0.15, -0.1) is 0 Å². The molecule has 202 valence electrons. The van der Waals surface area contributed by atoms with Crippen LogP contribution in [0.5, 0.6) is 0 Å². The Balaban J connectivity index is 1.65. The summed E-state index contributed by atoms with van der Waals surface area (Å²) < 4.78 is 85.4. The summed E-state index contributed by atoms with van der Waals surface area (Å²) in [6.45, 7) is 4.75. The molecule has 0 aromatic heterocycles. The van der Waals surface area contributed by atoms with E-state index in [1.807, 2.05) is 34.9 Å². The highest BCUT2D eigenvalue weighted by molar-refractivity contribution is 5.78. The van der Waals surface area contributed by atoms with Crippen LogP contribution in [0.1, 0.15) is 18.1 Å². The summed E-state index contributed by atoms with van der Waals surface area (Å²) in [7, 11) is 0. The molecule has 1 amide bonds. The first kappa shape index (κ1) is 27.8. The minimum atomic E-state index is -5.77. The van der Waals surface area contributed by atoms with Crippen LogP contribution in [0, 0.1) is 6.92 Å². The standard InChI is InChI=1S/C22H27F6N3O5/c1-14-3-4-15(16(11-14)31-9-10-35-20(2,13-31)18(32)33)12-29-5-7-30(8-6-29)19(34)36-17(21(23,24)25)22(26,27)28/h3-4,11,17H,5-10,12-13H2,1-2H3,(H,32,33). The van der Waals surface area contributed by atoms with Gasteiger partial charge < -0.3 is 24.4 Å². The summed E-state index contributed by atoms with van der Waals surface area (Å²) in [6.07, 6.45) is -17.4. The molecule has 0 aliphatic carbocycles. The SMILES string of the molecule is Cc1ccc(CN2CCN(C(=O)OC(C(F)(F)F)C(F)(F)F)CC2)c(N2CCOC(C)(C(=O)O)C2)c1. The number of halogens is 6. The molecule has 36 heavy (non-hydrogen) atoms. The Bertz CT molecular complexity index is 950. The van der Waals surface area contributed by atoms with Crippen molar-refractivity contribution in [1.82, 2.24) is 9.80 Å². The zero-order chi connectivity index (χ0) is 26.9. The minimum Gasteiger partial charge on any atom is -0.479 e. The predicted molar refractivity (Wildman–Crippen MR) is 115 cm³/mol. The number of rotatable bonds is 5. The van der Waals surface area contributed by atoms with Crippen molar-refractivity contribution in [2.45, 2.75) is 44.4 Å². The quantitative estimate of drug-likeness (QED) is 0.588. The maximum Gasteiger partial charge on any atom is 0.434 e. The Morgan fingerprint density at radius 1 is 1.08 bits per heavy atom. The van der Waals surface area contributed by atoms with Gasteiger partial charge in [-0.25, -0.2) is 9.59 Å². The van der Waals surface area contributed by atoms with E-state index in [-0.39, 0.29) is 39.3 Å². The van der Waals surface area contributed by atoms with Gasteiger partial charge in [-0.1, -0.05) is 12.1 Å². The van der Waals surface area contributed by atoms with Crippen LogP contribution in [-0.2, 0) is 20.8 Å². The van der Waals surface area contributed by atoms with E-state index in [1.54, 1.807) is 0 Å². The highest BCUT2D eigenvalue weighted by atomic mass is 19.4. The molecule has 1 aromatic rings. The number of anilines is 1. The average Bonchev–Trinajstić information content (AvgIpc) is 2.77. The molecule has 1 aromatic carbocycles. The number of nitrogens with zero attached hydrogens (tertiary/aromatic N) is 3. The van der Waals surface area contributed by atoms with Crippen LogP contribution in [0.25, 0.3) is 0 Å². The van der Waals surface area contributed by atoms with E-state index in [4.69, 9.17) is 4.74 Å². The van der Waals surface area contributed by atoms with E-state index in [9.17, 15) is 41.0 Å². The second kappa shape index (κ2) is 10.3. The number of alkyl halides is 6. The van der Waals surface area contributed by atoms with E-state index < -0.39 is 36.1 Å². The fourth-order valence-corrected chi connectivity index (χ4v) is 4.13. The molecule has 1 N–H and O–H groups in total. The van der Waals surface area contributed by atoms with Crippen molar-refractivity contribution >= 4 is 17.7 Å². The van der Waals surface area contributed by atoms with Crippen LogP contribution in [0.2, 0.25) is 0 Å². The number of ether oxygens (including phenoxy) is 2. The summed E-state index contributed by atoms with van der Waals surface area (Å²) in [4.78, 5) is 28.3. The number of hydrogen-bond donors (Lipinski definition) is 1. The maximum atomic E-state index is 12.7. The van der Waals surface area contributed by atoms with Gasteiger partial charge in [-0.05, 0) is 31.0 Å². The lowest BCUT2D eigenvalue weighted by Gasteiger charge is -2.40. The van der Waals surface area contributed by atoms with Crippen molar-refractivity contribution in [3.63, 3.8) is 0 Å². The molecule has 0 spiro atoms. The molecule has 2 aliphatic rings. The number of piperazine rings is 1. The lowest BCUT2D eigenvalue weighted by atomic mass is 10.0. The number of aliphatic carboxylic acids is 1. The second-order valence-electron chi connectivity index (χ2n) is 9.05. The molecule has 2 heterocycles. The van der Waals surface area contributed by atoms with Crippen molar-refractivity contribution in [3.8, 4) is 0 Å². The minimum absolute atomic E-state index is 0.114. The molecule has 2 fully saturated rings. The molecule has 0 radical (unpaired) electrons. The van der Waals surface area contributed by atoms with E-state index in [0.29, 0.717) is 13.1 Å². The van der Waals surface area contributed by atoms with Crippen LogP contribution in [0.4, 0.5) is 36.8 Å². The van der Waals surface area contributed by atoms with Crippen LogP contribution in [0.15, 0.2) is 18.2 Å². The van der Waals surface area contributed by atoms with Crippen LogP contribution in [-0.4, -0.2) is 96.9 Å². The van der Waals surface area contributed by atoms with Crippen LogP contribution in [0.3, 0.4) is 0 Å². The normalized spacial score (nSPS) is 22.1. The molecular formula is C22H27F6N3O5. The Hall–Kier alpha value is -2.74. The molecule has 2 saturated heterocycles. The third kappa shape index (κ3) is 6.52. The van der Waals surface area contributed by atoms with Crippen LogP contribution < -0.4 is 4.90 Å². The summed E-state index contributed by atoms with van der Waals surface area (Å²) in [5, 5.41) is 9.53. The molecule has 14 heteroatoms. The first-order valence-corrected chi connectivity index (χ1v) is 11.1. The summed E-state index contributed by atoms with van der Waals surface area (Å²) in [5.41, 5.74) is 1.25. The molecule has 1 unspecified atom stereocenters. The summed E-state index contributed by atoms with van der Waals surface area (Å²) in [5.74, 6) is -1.08. The number of carbonyl (C=O) groups excluding carboxylic acids is 1. The van der Waals surface area contributed by atoms with E-state index >= 15 is 0 Å². The van der Waals surface area contributed by atoms with Crippen molar-refractivity contribution in [1.29, 1.82) is 0 Å². The number of amides is 1. The Kier molecular flexibility index (Phi) is 7.98. The van der Waals surface area contributed by atoms with Gasteiger partial charge in [0.2, 0.25) is 0 Å². The van der Waals surface area contributed by atoms with Crippen molar-refractivity contribution in [2.75, 3.05) is 50.8 Å². The number of aryl methyl sites for hydroxylation is 1. The fourth-order valence-electron chi connectivity index (χ4n) is 4.13. The summed E-state index contributed by atoms with van der Waals surface area (Å²) in [6, 6.07) is 5.69. The monoisotopic (exact) mass is 527 g/mol. The van der Waals surface area contributed by atoms with Gasteiger partial charge in [0.25, 0.3) is 6.10 Å². The number of carboxylic acid groups (broad SMARTS) is 1. The zero-order valence-corrected chi connectivity index (χ0v) is 19.7. The van der Waals surface area contributed by atoms with E-state index in [2.05, 4.69) is 4.74 Å². The van der Waals surface area contributed by atoms with Gasteiger partial charge in [0.05, 0.1) is 13.2 Å². The number of benzene rings is 1. The fraction of sp³-hybridized carbons (Fsp3) is 0.636. The molecule has 1 atom stereocenters. The third-order valence-electron chi connectivity index (χ3n) is 6.15. The van der Waals surface area contributed by atoms with Gasteiger partial charge in [-0.2, -0.15) is 26.3 Å². The van der Waals surface area contributed by atoms with Crippen molar-refractivity contribution in [3.05, 3.63) is 29.3 Å². The molecule has 0 saturated carbocycles.